The summed E-state index contributed by atoms with van der Waals surface area (Å²) in [4.78, 5) is 11.4. The van der Waals surface area contributed by atoms with Gasteiger partial charge in [-0.1, -0.05) is 24.3 Å². The van der Waals surface area contributed by atoms with E-state index in [2.05, 4.69) is 0 Å². The molecule has 0 radical (unpaired) electrons. The molecule has 0 aliphatic rings. The molecule has 0 saturated heterocycles. The van der Waals surface area contributed by atoms with Gasteiger partial charge in [0.15, 0.2) is 0 Å². The molecule has 1 heterocycles. The fourth-order valence-corrected chi connectivity index (χ4v) is 1.39. The van der Waals surface area contributed by atoms with E-state index in [1.807, 2.05) is 24.3 Å². The van der Waals surface area contributed by atoms with Gasteiger partial charge >= 0.3 is 6.09 Å². The van der Waals surface area contributed by atoms with Crippen molar-refractivity contribution in [1.82, 2.24) is 4.57 Å². The zero-order valence-corrected chi connectivity index (χ0v) is 7.93. The number of rotatable bonds is 1. The molecule has 0 spiro atoms. The lowest BCUT2D eigenvalue weighted by Crippen LogP contribution is -2.10. The monoisotopic (exact) mass is 189 g/mol. The second kappa shape index (κ2) is 3.54. The standard InChI is InChI=1S/C11H11NO2/c1-2-14-11(13)12-7-9-5-3-4-6-10(9)8-12/h3-8H,2H2,1H3. The Morgan fingerprint density at radius 3 is 2.36 bits per heavy atom. The van der Waals surface area contributed by atoms with Gasteiger partial charge in [-0.05, 0) is 17.7 Å². The Hall–Kier alpha value is -1.77. The number of carbonyl (C=O) groups is 1. The molecule has 14 heavy (non-hydrogen) atoms. The van der Waals surface area contributed by atoms with Gasteiger partial charge in [0.2, 0.25) is 0 Å². The fourth-order valence-electron chi connectivity index (χ4n) is 1.39. The summed E-state index contributed by atoms with van der Waals surface area (Å²) >= 11 is 0. The SMILES string of the molecule is CCOC(=O)n1cc2ccccc2c1. The number of carbonyl (C=O) groups excluding carboxylic acids is 1. The molecule has 72 valence electrons. The predicted molar refractivity (Wildman–Crippen MR) is 54.4 cm³/mol. The van der Waals surface area contributed by atoms with Gasteiger partial charge in [0.25, 0.3) is 0 Å². The van der Waals surface area contributed by atoms with Crippen molar-refractivity contribution in [3.8, 4) is 0 Å². The molecular weight excluding hydrogens is 178 g/mol. The highest BCUT2D eigenvalue weighted by Crippen LogP contribution is 2.14. The number of hydrogen-bond acceptors (Lipinski definition) is 2. The topological polar surface area (TPSA) is 31.2 Å². The highest BCUT2D eigenvalue weighted by molar-refractivity contribution is 5.86. The van der Waals surface area contributed by atoms with Crippen LogP contribution in [0.5, 0.6) is 0 Å². The van der Waals surface area contributed by atoms with Crippen LogP contribution in [0.2, 0.25) is 0 Å². The highest BCUT2D eigenvalue weighted by Gasteiger charge is 2.05. The third kappa shape index (κ3) is 1.48. The van der Waals surface area contributed by atoms with E-state index in [9.17, 15) is 4.79 Å². The molecule has 0 N–H and O–H groups in total. The maximum absolute atomic E-state index is 11.4. The Kier molecular flexibility index (Phi) is 2.23. The number of aromatic nitrogens is 1. The summed E-state index contributed by atoms with van der Waals surface area (Å²) in [6.45, 7) is 2.19. The van der Waals surface area contributed by atoms with E-state index < -0.39 is 0 Å². The van der Waals surface area contributed by atoms with E-state index in [1.165, 1.54) is 4.57 Å². The Balaban J connectivity index is 2.40. The van der Waals surface area contributed by atoms with Crippen LogP contribution in [-0.4, -0.2) is 17.3 Å². The maximum atomic E-state index is 11.4. The Morgan fingerprint density at radius 1 is 1.29 bits per heavy atom. The highest BCUT2D eigenvalue weighted by atomic mass is 16.5. The van der Waals surface area contributed by atoms with Crippen molar-refractivity contribution < 1.29 is 9.53 Å². The first kappa shape index (κ1) is 8.81. The number of hydrogen-bond donors (Lipinski definition) is 0. The minimum Gasteiger partial charge on any atom is -0.449 e. The normalized spacial score (nSPS) is 10.4. The van der Waals surface area contributed by atoms with Crippen LogP contribution >= 0.6 is 0 Å². The molecule has 2 rings (SSSR count). The van der Waals surface area contributed by atoms with Crippen LogP contribution in [0.4, 0.5) is 4.79 Å². The molecule has 0 fully saturated rings. The average molecular weight is 189 g/mol. The van der Waals surface area contributed by atoms with Crippen molar-refractivity contribution in [3.63, 3.8) is 0 Å². The molecule has 2 aromatic rings. The first-order chi connectivity index (χ1) is 6.81. The molecule has 0 unspecified atom stereocenters. The summed E-state index contributed by atoms with van der Waals surface area (Å²) in [6, 6.07) is 7.81. The van der Waals surface area contributed by atoms with Gasteiger partial charge in [-0.3, -0.25) is 4.57 Å². The largest absolute Gasteiger partial charge is 0.449 e. The zero-order chi connectivity index (χ0) is 9.97. The lowest BCUT2D eigenvalue weighted by atomic mass is 10.2. The Morgan fingerprint density at radius 2 is 1.86 bits per heavy atom. The number of nitrogens with zero attached hydrogens (tertiary/aromatic N) is 1. The van der Waals surface area contributed by atoms with E-state index in [-0.39, 0.29) is 6.09 Å². The summed E-state index contributed by atoms with van der Waals surface area (Å²) < 4.78 is 6.35. The molecule has 3 nitrogen and oxygen atoms in total. The van der Waals surface area contributed by atoms with Crippen LogP contribution in [0.15, 0.2) is 36.7 Å². The third-order valence-electron chi connectivity index (χ3n) is 2.03. The first-order valence-corrected chi connectivity index (χ1v) is 4.55. The second-order valence-corrected chi connectivity index (χ2v) is 2.99. The first-order valence-electron chi connectivity index (χ1n) is 4.55. The summed E-state index contributed by atoms with van der Waals surface area (Å²) in [6.07, 6.45) is 3.21. The lowest BCUT2D eigenvalue weighted by molar-refractivity contribution is 0.154. The molecule has 0 bridgehead atoms. The van der Waals surface area contributed by atoms with E-state index >= 15 is 0 Å². The third-order valence-corrected chi connectivity index (χ3v) is 2.03. The van der Waals surface area contributed by atoms with Crippen LogP contribution < -0.4 is 0 Å². The summed E-state index contributed by atoms with van der Waals surface area (Å²) in [7, 11) is 0. The lowest BCUT2D eigenvalue weighted by Gasteiger charge is -1.99. The van der Waals surface area contributed by atoms with Crippen LogP contribution in [0.25, 0.3) is 10.8 Å². The van der Waals surface area contributed by atoms with Crippen LogP contribution in [-0.2, 0) is 4.74 Å². The van der Waals surface area contributed by atoms with Crippen molar-refractivity contribution in [3.05, 3.63) is 36.7 Å². The molecule has 0 aliphatic heterocycles. The summed E-state index contributed by atoms with van der Waals surface area (Å²) in [5, 5.41) is 2.08. The van der Waals surface area contributed by atoms with Gasteiger partial charge in [-0.15, -0.1) is 0 Å². The number of fused-ring (bicyclic) bond motifs is 1. The molecule has 0 amide bonds. The number of ether oxygens (including phenoxy) is 1. The van der Waals surface area contributed by atoms with Gasteiger partial charge in [-0.2, -0.15) is 0 Å². The average Bonchev–Trinajstić information content (AvgIpc) is 2.61. The zero-order valence-electron chi connectivity index (χ0n) is 7.93. The molecular formula is C11H11NO2. The van der Waals surface area contributed by atoms with Gasteiger partial charge in [0, 0.05) is 12.4 Å². The quantitative estimate of drug-likeness (QED) is 0.690. The van der Waals surface area contributed by atoms with Crippen molar-refractivity contribution in [2.24, 2.45) is 0 Å². The molecule has 0 saturated carbocycles. The molecule has 0 atom stereocenters. The van der Waals surface area contributed by atoms with E-state index in [1.54, 1.807) is 19.3 Å². The minimum atomic E-state index is -0.330. The maximum Gasteiger partial charge on any atom is 0.417 e. The van der Waals surface area contributed by atoms with Crippen molar-refractivity contribution >= 4 is 16.9 Å². The van der Waals surface area contributed by atoms with Gasteiger partial charge in [-0.25, -0.2) is 4.79 Å². The summed E-state index contributed by atoms with van der Waals surface area (Å²) in [5.74, 6) is 0. The van der Waals surface area contributed by atoms with Gasteiger partial charge in [0.1, 0.15) is 0 Å². The molecule has 3 heteroatoms. The van der Waals surface area contributed by atoms with E-state index in [0.29, 0.717) is 6.61 Å². The van der Waals surface area contributed by atoms with E-state index in [0.717, 1.165) is 10.8 Å². The van der Waals surface area contributed by atoms with Gasteiger partial charge in [0.05, 0.1) is 6.61 Å². The molecule has 0 aliphatic carbocycles. The van der Waals surface area contributed by atoms with Gasteiger partial charge < -0.3 is 4.74 Å². The molecule has 1 aromatic carbocycles. The number of benzene rings is 1. The Bertz CT molecular complexity index is 426. The Labute approximate surface area is 81.9 Å². The minimum absolute atomic E-state index is 0.330. The van der Waals surface area contributed by atoms with Crippen LogP contribution in [0.1, 0.15) is 6.92 Å². The van der Waals surface area contributed by atoms with E-state index in [4.69, 9.17) is 4.74 Å². The van der Waals surface area contributed by atoms with Crippen molar-refractivity contribution in [2.75, 3.05) is 6.61 Å². The van der Waals surface area contributed by atoms with Crippen LogP contribution in [0, 0.1) is 0 Å². The van der Waals surface area contributed by atoms with Crippen molar-refractivity contribution in [2.45, 2.75) is 6.92 Å². The van der Waals surface area contributed by atoms with Crippen LogP contribution in [0.3, 0.4) is 0 Å². The predicted octanol–water partition coefficient (Wildman–Crippen LogP) is 2.65. The summed E-state index contributed by atoms with van der Waals surface area (Å²) in [5.41, 5.74) is 0. The fraction of sp³-hybridized carbons (Fsp3) is 0.182. The van der Waals surface area contributed by atoms with Crippen molar-refractivity contribution in [1.29, 1.82) is 0 Å². The smallest absolute Gasteiger partial charge is 0.417 e. The molecule has 1 aromatic heterocycles. The second-order valence-electron chi connectivity index (χ2n) is 2.99.